The Morgan fingerprint density at radius 1 is 0.638 bits per heavy atom. The maximum Gasteiger partial charge on any atom is 0.328 e. The highest BCUT2D eigenvalue weighted by atomic mass is 32.2. The van der Waals surface area contributed by atoms with Gasteiger partial charge in [0.25, 0.3) is 5.91 Å². The number of carbonyl (C=O) groups excluding carboxylic acids is 2. The highest BCUT2D eigenvalue weighted by Crippen LogP contribution is 2.46. The first kappa shape index (κ1) is 46.5. The number of ether oxygens (including phenoxy) is 1. The van der Waals surface area contributed by atoms with E-state index in [9.17, 15) is 9.59 Å². The van der Waals surface area contributed by atoms with Gasteiger partial charge in [0, 0.05) is 31.0 Å². The number of nitrogens with zero attached hydrogens (tertiary/aromatic N) is 4. The molecule has 9 nitrogen and oxygen atoms in total. The average molecular weight is 929 g/mol. The van der Waals surface area contributed by atoms with E-state index in [0.717, 1.165) is 50.5 Å². The third-order valence-corrected chi connectivity index (χ3v) is 13.6. The van der Waals surface area contributed by atoms with Crippen molar-refractivity contribution in [2.45, 2.75) is 30.1 Å². The number of benzene rings is 7. The Labute approximate surface area is 409 Å². The molecule has 346 valence electrons. The molecule has 10 heteroatoms. The largest absolute Gasteiger partial charge is 0.467 e. The van der Waals surface area contributed by atoms with Crippen LogP contribution in [0.2, 0.25) is 0 Å². The second kappa shape index (κ2) is 21.5. The lowest BCUT2D eigenvalue weighted by molar-refractivity contribution is -0.142. The Bertz CT molecular complexity index is 2760. The molecule has 0 spiro atoms. The molecule has 0 bridgehead atoms. The minimum Gasteiger partial charge on any atom is -0.467 e. The summed E-state index contributed by atoms with van der Waals surface area (Å²) in [5.41, 5.74) is 7.67. The van der Waals surface area contributed by atoms with Crippen molar-refractivity contribution in [1.29, 1.82) is 0 Å². The van der Waals surface area contributed by atoms with Crippen LogP contribution in [0.1, 0.15) is 55.7 Å². The summed E-state index contributed by atoms with van der Waals surface area (Å²) in [6.07, 6.45) is 8.88. The molecule has 8 aromatic rings. The zero-order valence-corrected chi connectivity index (χ0v) is 39.7. The van der Waals surface area contributed by atoms with Gasteiger partial charge in [-0.1, -0.05) is 194 Å². The number of carbonyl (C=O) groups is 2. The SMILES string of the molecule is COC(=O)[C@H](CCSC)NC(=O)c1cccc(CNCC2=CN(C(c3ccccc3)(c3ccccc3)c3ccccc3)CN2c2cn(C(c3ccccc3)(c3ccccc3)c3ccccc3)cn2)c1. The fourth-order valence-corrected chi connectivity index (χ4v) is 10.3. The second-order valence-corrected chi connectivity index (χ2v) is 18.0. The Morgan fingerprint density at radius 3 is 1.58 bits per heavy atom. The normalized spacial score (nSPS) is 13.2. The van der Waals surface area contributed by atoms with E-state index in [1.165, 1.54) is 7.11 Å². The maximum absolute atomic E-state index is 13.5. The van der Waals surface area contributed by atoms with Gasteiger partial charge in [0.2, 0.25) is 0 Å². The quantitative estimate of drug-likeness (QED) is 0.0612. The van der Waals surface area contributed by atoms with E-state index >= 15 is 0 Å². The van der Waals surface area contributed by atoms with Crippen molar-refractivity contribution in [3.63, 3.8) is 0 Å². The van der Waals surface area contributed by atoms with E-state index in [-0.39, 0.29) is 5.91 Å². The van der Waals surface area contributed by atoms with Crippen molar-refractivity contribution in [3.05, 3.63) is 275 Å². The molecule has 1 aliphatic heterocycles. The number of hydrogen-bond acceptors (Lipinski definition) is 8. The van der Waals surface area contributed by atoms with Gasteiger partial charge in [-0.3, -0.25) is 4.79 Å². The van der Waals surface area contributed by atoms with Gasteiger partial charge in [-0.2, -0.15) is 11.8 Å². The van der Waals surface area contributed by atoms with E-state index in [2.05, 4.69) is 219 Å². The van der Waals surface area contributed by atoms with Crippen LogP contribution in [0.5, 0.6) is 0 Å². The molecule has 0 saturated heterocycles. The van der Waals surface area contributed by atoms with Crippen LogP contribution in [-0.2, 0) is 27.2 Å². The molecule has 1 aromatic heterocycles. The predicted molar refractivity (Wildman–Crippen MR) is 278 cm³/mol. The van der Waals surface area contributed by atoms with Gasteiger partial charge in [0.1, 0.15) is 17.1 Å². The van der Waals surface area contributed by atoms with Crippen molar-refractivity contribution in [2.75, 3.05) is 37.2 Å². The van der Waals surface area contributed by atoms with Gasteiger partial charge in [0.05, 0.1) is 25.8 Å². The topological polar surface area (TPSA) is 91.7 Å². The number of hydrogen-bond donors (Lipinski definition) is 2. The molecule has 0 saturated carbocycles. The Balaban J connectivity index is 1.12. The Morgan fingerprint density at radius 2 is 1.12 bits per heavy atom. The average Bonchev–Trinajstić information content (AvgIpc) is 4.08. The lowest BCUT2D eigenvalue weighted by Gasteiger charge is -2.44. The van der Waals surface area contributed by atoms with Gasteiger partial charge >= 0.3 is 5.97 Å². The summed E-state index contributed by atoms with van der Waals surface area (Å²) in [5.74, 6) is 0.735. The Hall–Kier alpha value is -7.66. The van der Waals surface area contributed by atoms with E-state index in [1.54, 1.807) is 17.8 Å². The molecule has 0 unspecified atom stereocenters. The Kier molecular flexibility index (Phi) is 14.5. The first-order valence-electron chi connectivity index (χ1n) is 23.3. The molecule has 0 fully saturated rings. The van der Waals surface area contributed by atoms with Crippen LogP contribution < -0.4 is 15.5 Å². The van der Waals surface area contributed by atoms with E-state index < -0.39 is 23.1 Å². The summed E-state index contributed by atoms with van der Waals surface area (Å²) in [4.78, 5) is 36.1. The molecule has 1 amide bonds. The fraction of sp³-hybridized carbons (Fsp3) is 0.169. The molecule has 69 heavy (non-hydrogen) atoms. The highest BCUT2D eigenvalue weighted by Gasteiger charge is 2.45. The lowest BCUT2D eigenvalue weighted by Crippen LogP contribution is -2.46. The summed E-state index contributed by atoms with van der Waals surface area (Å²) < 4.78 is 7.26. The molecule has 2 N–H and O–H groups in total. The number of esters is 1. The molecule has 2 heterocycles. The molecular formula is C59H56N6O3S. The number of imidazole rings is 1. The van der Waals surface area contributed by atoms with Crippen LogP contribution in [-0.4, -0.2) is 64.7 Å². The minimum absolute atomic E-state index is 0.319. The third kappa shape index (κ3) is 9.46. The van der Waals surface area contributed by atoms with Crippen LogP contribution in [0.3, 0.4) is 0 Å². The summed E-state index contributed by atoms with van der Waals surface area (Å²) in [7, 11) is 1.34. The molecule has 0 radical (unpaired) electrons. The number of aromatic nitrogens is 2. The molecule has 7 aromatic carbocycles. The highest BCUT2D eigenvalue weighted by molar-refractivity contribution is 7.98. The number of nitrogens with one attached hydrogen (secondary N) is 2. The molecular weight excluding hydrogens is 873 g/mol. The number of rotatable bonds is 19. The van der Waals surface area contributed by atoms with Gasteiger partial charge in [-0.15, -0.1) is 0 Å². The molecule has 1 atom stereocenters. The van der Waals surface area contributed by atoms with Crippen molar-refractivity contribution >= 4 is 29.5 Å². The number of methoxy groups -OCH3 is 1. The number of anilines is 1. The summed E-state index contributed by atoms with van der Waals surface area (Å²) in [6, 6.07) is 71.0. The lowest BCUT2D eigenvalue weighted by atomic mass is 9.76. The summed E-state index contributed by atoms with van der Waals surface area (Å²) >= 11 is 1.61. The van der Waals surface area contributed by atoms with Gasteiger partial charge in [0.15, 0.2) is 5.82 Å². The van der Waals surface area contributed by atoms with E-state index in [0.29, 0.717) is 37.5 Å². The standard InChI is InChI=1S/C59H56N6O3S/c1-68-57(67)54(36-37-69-2)62-56(66)46-23-21-22-45(38-46)39-60-40-53-41-64(59(50-30-15-6-16-31-50,51-32-17-7-18-33-51)52-34-19-8-20-35-52)44-65(53)55-42-63(43-61-55)58(47-24-9-3-10-25-47,48-26-11-4-12-27-48)49-28-13-5-14-29-49/h3-35,38,41-43,54,60H,36-37,39-40,44H2,1-2H3,(H,62,66)/t54-/m0/s1. The van der Waals surface area contributed by atoms with Gasteiger partial charge < -0.3 is 29.7 Å². The van der Waals surface area contributed by atoms with Gasteiger partial charge in [-0.25, -0.2) is 9.78 Å². The van der Waals surface area contributed by atoms with Crippen LogP contribution in [0.15, 0.2) is 231 Å². The fourth-order valence-electron chi connectivity index (χ4n) is 9.78. The predicted octanol–water partition coefficient (Wildman–Crippen LogP) is 10.5. The van der Waals surface area contributed by atoms with Crippen LogP contribution in [0, 0.1) is 0 Å². The molecule has 0 aliphatic carbocycles. The van der Waals surface area contributed by atoms with Crippen molar-refractivity contribution in [1.82, 2.24) is 25.1 Å². The van der Waals surface area contributed by atoms with Crippen molar-refractivity contribution < 1.29 is 14.3 Å². The van der Waals surface area contributed by atoms with E-state index in [1.807, 2.05) is 30.8 Å². The minimum atomic E-state index is -0.748. The van der Waals surface area contributed by atoms with Crippen molar-refractivity contribution in [2.24, 2.45) is 0 Å². The zero-order chi connectivity index (χ0) is 47.5. The first-order valence-corrected chi connectivity index (χ1v) is 24.7. The van der Waals surface area contributed by atoms with Crippen LogP contribution in [0.25, 0.3) is 0 Å². The smallest absolute Gasteiger partial charge is 0.328 e. The monoisotopic (exact) mass is 928 g/mol. The van der Waals surface area contributed by atoms with E-state index in [4.69, 9.17) is 9.72 Å². The third-order valence-electron chi connectivity index (χ3n) is 13.0. The van der Waals surface area contributed by atoms with Gasteiger partial charge in [-0.05, 0) is 69.5 Å². The van der Waals surface area contributed by atoms with Crippen LogP contribution in [0.4, 0.5) is 5.82 Å². The number of amides is 1. The zero-order valence-electron chi connectivity index (χ0n) is 38.9. The second-order valence-electron chi connectivity index (χ2n) is 17.1. The van der Waals surface area contributed by atoms with Crippen molar-refractivity contribution in [3.8, 4) is 0 Å². The molecule has 1 aliphatic rings. The first-order chi connectivity index (χ1) is 34.0. The number of thioether (sulfide) groups is 1. The summed E-state index contributed by atoms with van der Waals surface area (Å²) in [5, 5.41) is 6.63. The summed E-state index contributed by atoms with van der Waals surface area (Å²) in [6.45, 7) is 1.44. The molecule has 9 rings (SSSR count). The van der Waals surface area contributed by atoms with Crippen LogP contribution >= 0.6 is 11.8 Å². The maximum atomic E-state index is 13.5.